The number of methoxy groups -OCH3 is 2. The summed E-state index contributed by atoms with van der Waals surface area (Å²) in [6.45, 7) is 0. The SMILES string of the molecule is COC(=O)[C@H](c1ccc(OC)cc1)[C@@H]1C=C[C@@H](NC(=O)c2ccc(C(F)(F)F)cc2)C1. The second-order valence-corrected chi connectivity index (χ2v) is 7.21. The Labute approximate surface area is 177 Å². The van der Waals surface area contributed by atoms with E-state index in [1.54, 1.807) is 37.5 Å². The normalized spacial score (nSPS) is 19.0. The van der Waals surface area contributed by atoms with Crippen molar-refractivity contribution in [2.45, 2.75) is 24.6 Å². The van der Waals surface area contributed by atoms with Crippen LogP contribution in [0.1, 0.15) is 33.8 Å². The summed E-state index contributed by atoms with van der Waals surface area (Å²) in [5.41, 5.74) is 0.0758. The maximum absolute atomic E-state index is 12.7. The number of halogens is 3. The van der Waals surface area contributed by atoms with Gasteiger partial charge in [-0.25, -0.2) is 0 Å². The van der Waals surface area contributed by atoms with E-state index in [0.717, 1.165) is 29.8 Å². The molecule has 0 saturated heterocycles. The van der Waals surface area contributed by atoms with E-state index in [1.165, 1.54) is 7.11 Å². The Morgan fingerprint density at radius 2 is 1.65 bits per heavy atom. The number of benzene rings is 2. The molecule has 5 nitrogen and oxygen atoms in total. The molecule has 1 aliphatic carbocycles. The summed E-state index contributed by atoms with van der Waals surface area (Å²) < 4.78 is 48.2. The van der Waals surface area contributed by atoms with Crippen LogP contribution >= 0.6 is 0 Å². The molecule has 0 aliphatic heterocycles. The highest BCUT2D eigenvalue weighted by Gasteiger charge is 2.34. The molecule has 1 N–H and O–H groups in total. The van der Waals surface area contributed by atoms with Crippen LogP contribution in [0.3, 0.4) is 0 Å². The largest absolute Gasteiger partial charge is 0.497 e. The van der Waals surface area contributed by atoms with Gasteiger partial charge in [-0.05, 0) is 54.3 Å². The van der Waals surface area contributed by atoms with Gasteiger partial charge in [0.05, 0.1) is 25.7 Å². The fourth-order valence-corrected chi connectivity index (χ4v) is 3.64. The first kappa shape index (κ1) is 22.4. The number of ether oxygens (including phenoxy) is 2. The van der Waals surface area contributed by atoms with Crippen molar-refractivity contribution >= 4 is 11.9 Å². The molecule has 0 radical (unpaired) electrons. The summed E-state index contributed by atoms with van der Waals surface area (Å²) in [6, 6.07) is 10.8. The summed E-state index contributed by atoms with van der Waals surface area (Å²) in [5.74, 6) is -0.979. The Hall–Kier alpha value is -3.29. The quantitative estimate of drug-likeness (QED) is 0.544. The van der Waals surface area contributed by atoms with Gasteiger partial charge in [0, 0.05) is 11.6 Å². The third-order valence-corrected chi connectivity index (χ3v) is 5.27. The van der Waals surface area contributed by atoms with Gasteiger partial charge in [0.25, 0.3) is 5.91 Å². The molecule has 1 amide bonds. The van der Waals surface area contributed by atoms with Gasteiger partial charge in [0.2, 0.25) is 0 Å². The number of hydrogen-bond acceptors (Lipinski definition) is 4. The Balaban J connectivity index is 1.68. The van der Waals surface area contributed by atoms with E-state index in [2.05, 4.69) is 5.32 Å². The molecule has 3 rings (SSSR count). The number of nitrogens with one attached hydrogen (secondary N) is 1. The molecule has 2 aromatic rings. The number of rotatable bonds is 6. The minimum absolute atomic E-state index is 0.129. The summed E-state index contributed by atoms with van der Waals surface area (Å²) in [4.78, 5) is 24.9. The van der Waals surface area contributed by atoms with Crippen LogP contribution in [-0.2, 0) is 15.7 Å². The van der Waals surface area contributed by atoms with Crippen LogP contribution in [0.15, 0.2) is 60.7 Å². The smallest absolute Gasteiger partial charge is 0.416 e. The molecule has 0 unspecified atom stereocenters. The first-order valence-electron chi connectivity index (χ1n) is 9.61. The van der Waals surface area contributed by atoms with Gasteiger partial charge >= 0.3 is 12.1 Å². The molecule has 2 aromatic carbocycles. The third kappa shape index (κ3) is 5.25. The van der Waals surface area contributed by atoms with Gasteiger partial charge in [0.1, 0.15) is 5.75 Å². The molecule has 0 aromatic heterocycles. The van der Waals surface area contributed by atoms with E-state index in [-0.39, 0.29) is 17.5 Å². The zero-order chi connectivity index (χ0) is 22.6. The van der Waals surface area contributed by atoms with Crippen molar-refractivity contribution < 1.29 is 32.2 Å². The highest BCUT2D eigenvalue weighted by molar-refractivity contribution is 5.94. The van der Waals surface area contributed by atoms with E-state index in [1.807, 2.05) is 6.08 Å². The van der Waals surface area contributed by atoms with Crippen molar-refractivity contribution in [2.75, 3.05) is 14.2 Å². The molecule has 0 spiro atoms. The lowest BCUT2D eigenvalue weighted by Gasteiger charge is -2.22. The molecule has 0 heterocycles. The van der Waals surface area contributed by atoms with E-state index < -0.39 is 29.5 Å². The van der Waals surface area contributed by atoms with Crippen molar-refractivity contribution in [2.24, 2.45) is 5.92 Å². The van der Waals surface area contributed by atoms with Gasteiger partial charge in [-0.1, -0.05) is 24.3 Å². The number of hydrogen-bond donors (Lipinski definition) is 1. The van der Waals surface area contributed by atoms with Gasteiger partial charge in [-0.2, -0.15) is 13.2 Å². The van der Waals surface area contributed by atoms with Crippen LogP contribution in [0.2, 0.25) is 0 Å². The topological polar surface area (TPSA) is 64.6 Å². The molecule has 0 fully saturated rings. The molecule has 1 aliphatic rings. The number of allylic oxidation sites excluding steroid dienone is 1. The average molecular weight is 433 g/mol. The predicted molar refractivity (Wildman–Crippen MR) is 108 cm³/mol. The summed E-state index contributed by atoms with van der Waals surface area (Å²) >= 11 is 0. The lowest BCUT2D eigenvalue weighted by atomic mass is 9.85. The molecule has 3 atom stereocenters. The maximum Gasteiger partial charge on any atom is 0.416 e. The Morgan fingerprint density at radius 3 is 2.19 bits per heavy atom. The molecule has 164 valence electrons. The highest BCUT2D eigenvalue weighted by atomic mass is 19.4. The number of carbonyl (C=O) groups excluding carboxylic acids is 2. The van der Waals surface area contributed by atoms with Crippen molar-refractivity contribution in [1.82, 2.24) is 5.32 Å². The minimum atomic E-state index is -4.46. The maximum atomic E-state index is 12.7. The number of esters is 1. The molecule has 0 saturated carbocycles. The van der Waals surface area contributed by atoms with Crippen molar-refractivity contribution in [3.05, 3.63) is 77.4 Å². The van der Waals surface area contributed by atoms with Gasteiger partial charge in [-0.15, -0.1) is 0 Å². The average Bonchev–Trinajstić information content (AvgIpc) is 3.21. The first-order valence-corrected chi connectivity index (χ1v) is 9.61. The second-order valence-electron chi connectivity index (χ2n) is 7.21. The van der Waals surface area contributed by atoms with Crippen LogP contribution in [-0.4, -0.2) is 32.1 Å². The Bertz CT molecular complexity index is 952. The third-order valence-electron chi connectivity index (χ3n) is 5.27. The van der Waals surface area contributed by atoms with E-state index in [9.17, 15) is 22.8 Å². The Morgan fingerprint density at radius 1 is 1.00 bits per heavy atom. The van der Waals surface area contributed by atoms with Crippen LogP contribution in [0.4, 0.5) is 13.2 Å². The van der Waals surface area contributed by atoms with E-state index in [0.29, 0.717) is 12.2 Å². The fourth-order valence-electron chi connectivity index (χ4n) is 3.64. The predicted octanol–water partition coefficient (Wildman–Crippen LogP) is 4.35. The Kier molecular flexibility index (Phi) is 6.68. The van der Waals surface area contributed by atoms with E-state index in [4.69, 9.17) is 9.47 Å². The molecule has 8 heteroatoms. The molecular formula is C23H22F3NO4. The zero-order valence-electron chi connectivity index (χ0n) is 17.0. The first-order chi connectivity index (χ1) is 14.7. The molecular weight excluding hydrogens is 411 g/mol. The monoisotopic (exact) mass is 433 g/mol. The number of amides is 1. The molecule has 31 heavy (non-hydrogen) atoms. The number of carbonyl (C=O) groups is 2. The zero-order valence-corrected chi connectivity index (χ0v) is 17.0. The van der Waals surface area contributed by atoms with Crippen molar-refractivity contribution in [3.63, 3.8) is 0 Å². The highest BCUT2D eigenvalue weighted by Crippen LogP contribution is 2.35. The van der Waals surface area contributed by atoms with Gasteiger partial charge in [0.15, 0.2) is 0 Å². The summed E-state index contributed by atoms with van der Waals surface area (Å²) in [7, 11) is 2.87. The van der Waals surface area contributed by atoms with Crippen LogP contribution in [0.25, 0.3) is 0 Å². The van der Waals surface area contributed by atoms with Crippen molar-refractivity contribution in [3.8, 4) is 5.75 Å². The van der Waals surface area contributed by atoms with Crippen LogP contribution in [0, 0.1) is 5.92 Å². The van der Waals surface area contributed by atoms with Gasteiger partial charge in [-0.3, -0.25) is 9.59 Å². The second kappa shape index (κ2) is 9.24. The summed E-state index contributed by atoms with van der Waals surface area (Å²) in [5, 5.41) is 2.79. The van der Waals surface area contributed by atoms with Crippen LogP contribution in [0.5, 0.6) is 5.75 Å². The standard InChI is InChI=1S/C23H22F3NO4/c1-30-19-11-6-14(7-12-19)20(22(29)31-2)16-5-10-18(13-16)27-21(28)15-3-8-17(9-4-15)23(24,25)26/h3-12,16,18,20H,13H2,1-2H3,(H,27,28)/t16-,18-,20-/m1/s1. The van der Waals surface area contributed by atoms with E-state index >= 15 is 0 Å². The lowest BCUT2D eigenvalue weighted by Crippen LogP contribution is -2.33. The van der Waals surface area contributed by atoms with Gasteiger partial charge < -0.3 is 14.8 Å². The fraction of sp³-hybridized carbons (Fsp3) is 0.304. The molecule has 0 bridgehead atoms. The van der Waals surface area contributed by atoms with Crippen molar-refractivity contribution in [1.29, 1.82) is 0 Å². The van der Waals surface area contributed by atoms with Crippen LogP contribution < -0.4 is 10.1 Å². The lowest BCUT2D eigenvalue weighted by molar-refractivity contribution is -0.143. The minimum Gasteiger partial charge on any atom is -0.497 e. The summed E-state index contributed by atoms with van der Waals surface area (Å²) in [6.07, 6.45) is -0.366. The number of alkyl halides is 3.